The van der Waals surface area contributed by atoms with Gasteiger partial charge in [-0.25, -0.2) is 0 Å². The average Bonchev–Trinajstić information content (AvgIpc) is 2.99. The van der Waals surface area contributed by atoms with Gasteiger partial charge < -0.3 is 9.64 Å². The molecule has 2 fully saturated rings. The highest BCUT2D eigenvalue weighted by Crippen LogP contribution is 2.58. The lowest BCUT2D eigenvalue weighted by Gasteiger charge is -2.33. The van der Waals surface area contributed by atoms with Crippen LogP contribution in [0.4, 0.5) is 0 Å². The topological polar surface area (TPSA) is 46.6 Å². The molecule has 1 aromatic carbocycles. The second-order valence-electron chi connectivity index (χ2n) is 8.26. The first kappa shape index (κ1) is 18.2. The summed E-state index contributed by atoms with van der Waals surface area (Å²) in [5.41, 5.74) is -0.522. The molecule has 3 rings (SSSR count). The van der Waals surface area contributed by atoms with Crippen LogP contribution in [0.15, 0.2) is 30.3 Å². The maximum atomic E-state index is 13.2. The number of hydrogen-bond acceptors (Lipinski definition) is 3. The van der Waals surface area contributed by atoms with E-state index >= 15 is 0 Å². The number of carbonyl (C=O) groups excluding carboxylic acids is 2. The molecule has 0 N–H and O–H groups in total. The summed E-state index contributed by atoms with van der Waals surface area (Å²) in [4.78, 5) is 26.8. The zero-order valence-corrected chi connectivity index (χ0v) is 16.1. The van der Waals surface area contributed by atoms with E-state index in [1.807, 2.05) is 58.0 Å². The van der Waals surface area contributed by atoms with Crippen molar-refractivity contribution in [3.8, 4) is 0 Å². The Morgan fingerprint density at radius 2 is 1.88 bits per heavy atom. The summed E-state index contributed by atoms with van der Waals surface area (Å²) in [5, 5.41) is 0. The van der Waals surface area contributed by atoms with Crippen LogP contribution in [0.25, 0.3) is 0 Å². The van der Waals surface area contributed by atoms with Crippen LogP contribution in [0, 0.1) is 5.41 Å². The first-order valence-corrected chi connectivity index (χ1v) is 9.27. The highest BCUT2D eigenvalue weighted by Gasteiger charge is 2.70. The zero-order chi connectivity index (χ0) is 18.5. The fourth-order valence-corrected chi connectivity index (χ4v) is 4.58. The molecule has 1 aliphatic carbocycles. The van der Waals surface area contributed by atoms with Crippen molar-refractivity contribution < 1.29 is 14.3 Å². The molecule has 0 spiro atoms. The minimum atomic E-state index is -1.18. The molecule has 1 saturated heterocycles. The number of likely N-dealkylation sites (tertiary alicyclic amines) is 1. The number of rotatable bonds is 3. The summed E-state index contributed by atoms with van der Waals surface area (Å²) < 4.78 is 5.67. The summed E-state index contributed by atoms with van der Waals surface area (Å²) in [5.74, 6) is -0.488. The molecule has 1 saturated carbocycles. The molecule has 1 aliphatic heterocycles. The number of benzene rings is 1. The molecule has 25 heavy (non-hydrogen) atoms. The van der Waals surface area contributed by atoms with Crippen molar-refractivity contribution in [3.63, 3.8) is 0 Å². The largest absolute Gasteiger partial charge is 0.459 e. The second-order valence-corrected chi connectivity index (χ2v) is 8.90. The molecule has 1 amide bonds. The quantitative estimate of drug-likeness (QED) is 0.600. The van der Waals surface area contributed by atoms with Crippen LogP contribution in [0.3, 0.4) is 0 Å². The van der Waals surface area contributed by atoms with Crippen LogP contribution in [-0.4, -0.2) is 33.8 Å². The smallest absolute Gasteiger partial charge is 0.316 e. The van der Waals surface area contributed by atoms with Crippen LogP contribution < -0.4 is 0 Å². The molecular formula is C20H26ClNO3. The van der Waals surface area contributed by atoms with Crippen LogP contribution >= 0.6 is 11.6 Å². The van der Waals surface area contributed by atoms with Crippen LogP contribution in [0.2, 0.25) is 0 Å². The third-order valence-corrected chi connectivity index (χ3v) is 6.17. The Bertz CT molecular complexity index is 684. The van der Waals surface area contributed by atoms with E-state index in [1.54, 1.807) is 4.90 Å². The molecule has 2 aliphatic rings. The van der Waals surface area contributed by atoms with Crippen molar-refractivity contribution in [2.75, 3.05) is 6.54 Å². The molecular weight excluding hydrogens is 338 g/mol. The van der Waals surface area contributed by atoms with Crippen LogP contribution in [0.5, 0.6) is 0 Å². The van der Waals surface area contributed by atoms with Crippen molar-refractivity contribution in [2.45, 2.75) is 63.5 Å². The second kappa shape index (κ2) is 6.01. The molecule has 0 radical (unpaired) electrons. The van der Waals surface area contributed by atoms with E-state index in [4.69, 9.17) is 16.3 Å². The number of amides is 1. The number of ether oxygens (including phenoxy) is 1. The van der Waals surface area contributed by atoms with Crippen molar-refractivity contribution in [2.24, 2.45) is 5.41 Å². The first-order chi connectivity index (χ1) is 11.6. The molecule has 1 heterocycles. The summed E-state index contributed by atoms with van der Waals surface area (Å²) in [6.07, 6.45) is 1.88. The number of hydrogen-bond donors (Lipinski definition) is 0. The number of alkyl halides is 1. The van der Waals surface area contributed by atoms with Gasteiger partial charge >= 0.3 is 5.97 Å². The van der Waals surface area contributed by atoms with Gasteiger partial charge in [0.15, 0.2) is 0 Å². The number of carbonyl (C=O) groups is 2. The Balaban J connectivity index is 1.94. The molecule has 5 heteroatoms. The standard InChI is InChI=1S/C20H26ClNO3/c1-14(15-9-6-5-7-10-15)22-13-19(17(24)25-18(2,3)4)11-8-12-20(19,21)16(22)23/h5-7,9-10,14H,8,11-13H2,1-4H3/t14-,19+,20+/m1/s1. The van der Waals surface area contributed by atoms with Crippen LogP contribution in [-0.2, 0) is 14.3 Å². The van der Waals surface area contributed by atoms with E-state index < -0.39 is 15.9 Å². The van der Waals surface area contributed by atoms with Gasteiger partial charge in [-0.2, -0.15) is 0 Å². The highest BCUT2D eigenvalue weighted by molar-refractivity contribution is 6.38. The van der Waals surface area contributed by atoms with Gasteiger partial charge in [0.25, 0.3) is 0 Å². The fourth-order valence-electron chi connectivity index (χ4n) is 4.11. The minimum absolute atomic E-state index is 0.130. The van der Waals surface area contributed by atoms with Gasteiger partial charge in [-0.3, -0.25) is 9.59 Å². The van der Waals surface area contributed by atoms with E-state index in [1.165, 1.54) is 0 Å². The lowest BCUT2D eigenvalue weighted by Crippen LogP contribution is -2.48. The van der Waals surface area contributed by atoms with Gasteiger partial charge in [-0.05, 0) is 52.5 Å². The van der Waals surface area contributed by atoms with Gasteiger partial charge in [0.1, 0.15) is 15.9 Å². The molecule has 0 unspecified atom stereocenters. The molecule has 136 valence electrons. The number of halogens is 1. The third kappa shape index (κ3) is 2.84. The van der Waals surface area contributed by atoms with E-state index in [9.17, 15) is 9.59 Å². The SMILES string of the molecule is C[C@H](c1ccccc1)N1C[C@]2(C(=O)OC(C)(C)C)CCC[C@]2(Cl)C1=O. The minimum Gasteiger partial charge on any atom is -0.459 e. The first-order valence-electron chi connectivity index (χ1n) is 8.89. The summed E-state index contributed by atoms with van der Waals surface area (Å²) in [6, 6.07) is 9.71. The lowest BCUT2D eigenvalue weighted by molar-refractivity contribution is -0.168. The summed E-state index contributed by atoms with van der Waals surface area (Å²) in [7, 11) is 0. The number of fused-ring (bicyclic) bond motifs is 1. The predicted octanol–water partition coefficient (Wildman–Crippen LogP) is 4.08. The van der Waals surface area contributed by atoms with Crippen molar-refractivity contribution in [1.29, 1.82) is 0 Å². The van der Waals surface area contributed by atoms with E-state index in [0.717, 1.165) is 12.0 Å². The van der Waals surface area contributed by atoms with Gasteiger partial charge in [0.05, 0.1) is 6.04 Å². The van der Waals surface area contributed by atoms with Crippen molar-refractivity contribution in [1.82, 2.24) is 4.90 Å². The Labute approximate surface area is 154 Å². The lowest BCUT2D eigenvalue weighted by atomic mass is 9.79. The van der Waals surface area contributed by atoms with Gasteiger partial charge in [-0.1, -0.05) is 30.3 Å². The van der Waals surface area contributed by atoms with E-state index in [0.29, 0.717) is 19.4 Å². The Hall–Kier alpha value is -1.55. The predicted molar refractivity (Wildman–Crippen MR) is 97.3 cm³/mol. The molecule has 1 aromatic rings. The number of nitrogens with zero attached hydrogens (tertiary/aromatic N) is 1. The van der Waals surface area contributed by atoms with Crippen molar-refractivity contribution >= 4 is 23.5 Å². The van der Waals surface area contributed by atoms with E-state index in [2.05, 4.69) is 0 Å². The van der Waals surface area contributed by atoms with Gasteiger partial charge in [-0.15, -0.1) is 11.6 Å². The summed E-state index contributed by atoms with van der Waals surface area (Å²) >= 11 is 6.83. The fraction of sp³-hybridized carbons (Fsp3) is 0.600. The van der Waals surface area contributed by atoms with Crippen LogP contribution in [0.1, 0.15) is 58.6 Å². The van der Waals surface area contributed by atoms with Crippen molar-refractivity contribution in [3.05, 3.63) is 35.9 Å². The maximum Gasteiger partial charge on any atom is 0.316 e. The van der Waals surface area contributed by atoms with Gasteiger partial charge in [0, 0.05) is 6.54 Å². The molecule has 0 aromatic heterocycles. The van der Waals surface area contributed by atoms with E-state index in [-0.39, 0.29) is 17.9 Å². The molecule has 3 atom stereocenters. The summed E-state index contributed by atoms with van der Waals surface area (Å²) in [6.45, 7) is 7.83. The Kier molecular flexibility index (Phi) is 4.39. The third-order valence-electron chi connectivity index (χ3n) is 5.46. The Morgan fingerprint density at radius 1 is 1.24 bits per heavy atom. The monoisotopic (exact) mass is 363 g/mol. The number of esters is 1. The zero-order valence-electron chi connectivity index (χ0n) is 15.3. The average molecular weight is 364 g/mol. The highest BCUT2D eigenvalue weighted by atomic mass is 35.5. The Morgan fingerprint density at radius 3 is 2.48 bits per heavy atom. The normalized spacial score (nSPS) is 30.3. The van der Waals surface area contributed by atoms with Gasteiger partial charge in [0.2, 0.25) is 5.91 Å². The molecule has 0 bridgehead atoms. The maximum absolute atomic E-state index is 13.2. The molecule has 4 nitrogen and oxygen atoms in total.